The Bertz CT molecular complexity index is 415. The number of halogens is 1. The number of hydrogen-bond acceptors (Lipinski definition) is 2. The van der Waals surface area contributed by atoms with Crippen LogP contribution in [-0.4, -0.2) is 19.3 Å². The maximum atomic E-state index is 13.7. The number of hydrogen-bond donors (Lipinski definition) is 1. The van der Waals surface area contributed by atoms with E-state index in [4.69, 9.17) is 4.74 Å². The molecule has 20 heavy (non-hydrogen) atoms. The van der Waals surface area contributed by atoms with E-state index in [0.717, 1.165) is 43.5 Å². The minimum atomic E-state index is -0.143. The molecular weight excluding hydrogens is 253 g/mol. The molecule has 0 spiro atoms. The first-order valence-electron chi connectivity index (χ1n) is 7.77. The van der Waals surface area contributed by atoms with Crippen molar-refractivity contribution in [3.05, 3.63) is 35.1 Å². The Morgan fingerprint density at radius 2 is 2.15 bits per heavy atom. The predicted octanol–water partition coefficient (Wildman–Crippen LogP) is 3.99. The Balaban J connectivity index is 2.26. The minimum absolute atomic E-state index is 0.143. The molecule has 0 saturated carbocycles. The van der Waals surface area contributed by atoms with Crippen molar-refractivity contribution >= 4 is 0 Å². The molecule has 3 unspecified atom stereocenters. The summed E-state index contributed by atoms with van der Waals surface area (Å²) in [5.74, 6) is 0.294. The molecule has 0 aromatic heterocycles. The van der Waals surface area contributed by atoms with Crippen LogP contribution in [0.25, 0.3) is 0 Å². The second-order valence-electron chi connectivity index (χ2n) is 5.76. The van der Waals surface area contributed by atoms with Crippen LogP contribution in [0.5, 0.6) is 0 Å². The molecule has 0 bridgehead atoms. The van der Waals surface area contributed by atoms with Gasteiger partial charge in [-0.3, -0.25) is 0 Å². The Hall–Kier alpha value is -0.930. The van der Waals surface area contributed by atoms with E-state index in [1.165, 1.54) is 0 Å². The van der Waals surface area contributed by atoms with Gasteiger partial charge in [-0.1, -0.05) is 19.9 Å². The smallest absolute Gasteiger partial charge is 0.123 e. The second-order valence-corrected chi connectivity index (χ2v) is 5.76. The van der Waals surface area contributed by atoms with Crippen molar-refractivity contribution in [2.75, 3.05) is 13.2 Å². The van der Waals surface area contributed by atoms with Crippen LogP contribution in [0.15, 0.2) is 18.2 Å². The minimum Gasteiger partial charge on any atom is -0.378 e. The standard InChI is InChI=1S/C17H26FNO/c1-4-7-19-17(15-6-8-20-16(15)5-2)13-9-12(3)10-14(18)11-13/h9-11,15-17,19H,4-8H2,1-3H3. The molecule has 1 heterocycles. The van der Waals surface area contributed by atoms with Crippen LogP contribution in [0.4, 0.5) is 4.39 Å². The van der Waals surface area contributed by atoms with Gasteiger partial charge in [-0.05, 0) is 56.0 Å². The molecular formula is C17H26FNO. The lowest BCUT2D eigenvalue weighted by Crippen LogP contribution is -2.33. The van der Waals surface area contributed by atoms with Crippen molar-refractivity contribution in [1.29, 1.82) is 0 Å². The summed E-state index contributed by atoms with van der Waals surface area (Å²) in [5, 5.41) is 3.60. The molecule has 0 radical (unpaired) electrons. The number of aryl methyl sites for hydroxylation is 1. The molecule has 1 N–H and O–H groups in total. The van der Waals surface area contributed by atoms with Gasteiger partial charge in [0.15, 0.2) is 0 Å². The van der Waals surface area contributed by atoms with Crippen molar-refractivity contribution in [3.63, 3.8) is 0 Å². The van der Waals surface area contributed by atoms with Crippen LogP contribution >= 0.6 is 0 Å². The monoisotopic (exact) mass is 279 g/mol. The van der Waals surface area contributed by atoms with Gasteiger partial charge in [-0.25, -0.2) is 4.39 Å². The summed E-state index contributed by atoms with van der Waals surface area (Å²) in [4.78, 5) is 0. The van der Waals surface area contributed by atoms with Gasteiger partial charge in [0.1, 0.15) is 5.82 Å². The third-order valence-electron chi connectivity index (χ3n) is 4.13. The molecule has 1 saturated heterocycles. The lowest BCUT2D eigenvalue weighted by Gasteiger charge is -2.29. The van der Waals surface area contributed by atoms with Crippen LogP contribution < -0.4 is 5.32 Å². The fourth-order valence-electron chi connectivity index (χ4n) is 3.23. The summed E-state index contributed by atoms with van der Waals surface area (Å²) in [5.41, 5.74) is 2.04. The van der Waals surface area contributed by atoms with Crippen molar-refractivity contribution in [1.82, 2.24) is 5.32 Å². The van der Waals surface area contributed by atoms with Crippen molar-refractivity contribution < 1.29 is 9.13 Å². The van der Waals surface area contributed by atoms with E-state index in [2.05, 4.69) is 25.2 Å². The summed E-state index contributed by atoms with van der Waals surface area (Å²) in [6.45, 7) is 8.04. The maximum absolute atomic E-state index is 13.7. The second kappa shape index (κ2) is 7.19. The first-order valence-corrected chi connectivity index (χ1v) is 7.77. The predicted molar refractivity (Wildman–Crippen MR) is 80.3 cm³/mol. The highest BCUT2D eigenvalue weighted by Gasteiger charge is 2.34. The summed E-state index contributed by atoms with van der Waals surface area (Å²) in [6, 6.07) is 5.55. The zero-order valence-electron chi connectivity index (χ0n) is 12.8. The molecule has 1 aromatic carbocycles. The Morgan fingerprint density at radius 1 is 1.35 bits per heavy atom. The van der Waals surface area contributed by atoms with Crippen molar-refractivity contribution in [3.8, 4) is 0 Å². The van der Waals surface area contributed by atoms with Gasteiger partial charge >= 0.3 is 0 Å². The number of nitrogens with one attached hydrogen (secondary N) is 1. The van der Waals surface area contributed by atoms with Crippen molar-refractivity contribution in [2.24, 2.45) is 5.92 Å². The third-order valence-corrected chi connectivity index (χ3v) is 4.13. The first kappa shape index (κ1) is 15.5. The Labute approximate surface area is 121 Å². The first-order chi connectivity index (χ1) is 9.65. The highest BCUT2D eigenvalue weighted by molar-refractivity contribution is 5.27. The molecule has 0 aliphatic carbocycles. The molecule has 0 amide bonds. The topological polar surface area (TPSA) is 21.3 Å². The summed E-state index contributed by atoms with van der Waals surface area (Å²) >= 11 is 0. The summed E-state index contributed by atoms with van der Waals surface area (Å²) in [7, 11) is 0. The quantitative estimate of drug-likeness (QED) is 0.850. The van der Waals surface area contributed by atoms with Gasteiger partial charge in [0.05, 0.1) is 6.10 Å². The van der Waals surface area contributed by atoms with E-state index < -0.39 is 0 Å². The van der Waals surface area contributed by atoms with Gasteiger partial charge in [0, 0.05) is 18.6 Å². The molecule has 2 rings (SSSR count). The van der Waals surface area contributed by atoms with E-state index in [-0.39, 0.29) is 18.0 Å². The molecule has 112 valence electrons. The Morgan fingerprint density at radius 3 is 2.80 bits per heavy atom. The van der Waals surface area contributed by atoms with Crippen LogP contribution in [-0.2, 0) is 4.74 Å². The number of ether oxygens (including phenoxy) is 1. The van der Waals surface area contributed by atoms with Crippen LogP contribution in [0.1, 0.15) is 50.3 Å². The van der Waals surface area contributed by atoms with Crippen LogP contribution in [0.2, 0.25) is 0 Å². The van der Waals surface area contributed by atoms with Crippen LogP contribution in [0, 0.1) is 18.7 Å². The molecule has 3 heteroatoms. The number of rotatable bonds is 6. The molecule has 1 aromatic rings. The average molecular weight is 279 g/mol. The zero-order valence-corrected chi connectivity index (χ0v) is 12.8. The van der Waals surface area contributed by atoms with E-state index in [0.29, 0.717) is 5.92 Å². The number of benzene rings is 1. The van der Waals surface area contributed by atoms with Crippen LogP contribution in [0.3, 0.4) is 0 Å². The van der Waals surface area contributed by atoms with E-state index in [9.17, 15) is 4.39 Å². The highest BCUT2D eigenvalue weighted by Crippen LogP contribution is 2.35. The average Bonchev–Trinajstić information content (AvgIpc) is 2.86. The van der Waals surface area contributed by atoms with E-state index in [1.807, 2.05) is 6.92 Å². The largest absolute Gasteiger partial charge is 0.378 e. The molecule has 1 aliphatic heterocycles. The lowest BCUT2D eigenvalue weighted by atomic mass is 9.86. The van der Waals surface area contributed by atoms with Gasteiger partial charge < -0.3 is 10.1 Å². The fraction of sp³-hybridized carbons (Fsp3) is 0.647. The SMILES string of the molecule is CCCNC(c1cc(C)cc(F)c1)C1CCOC1CC. The maximum Gasteiger partial charge on any atom is 0.123 e. The van der Waals surface area contributed by atoms with Gasteiger partial charge in [-0.15, -0.1) is 0 Å². The third kappa shape index (κ3) is 3.58. The molecule has 1 fully saturated rings. The van der Waals surface area contributed by atoms with Gasteiger partial charge in [0.2, 0.25) is 0 Å². The molecule has 2 nitrogen and oxygen atoms in total. The van der Waals surface area contributed by atoms with E-state index >= 15 is 0 Å². The highest BCUT2D eigenvalue weighted by atomic mass is 19.1. The van der Waals surface area contributed by atoms with Crippen molar-refractivity contribution in [2.45, 2.75) is 52.2 Å². The zero-order chi connectivity index (χ0) is 14.5. The Kier molecular flexibility index (Phi) is 5.55. The molecule has 1 aliphatic rings. The fourth-order valence-corrected chi connectivity index (χ4v) is 3.23. The lowest BCUT2D eigenvalue weighted by molar-refractivity contribution is 0.0773. The summed E-state index contributed by atoms with van der Waals surface area (Å²) in [6.07, 6.45) is 3.43. The molecule has 3 atom stereocenters. The summed E-state index contributed by atoms with van der Waals surface area (Å²) < 4.78 is 19.5. The van der Waals surface area contributed by atoms with Gasteiger partial charge in [-0.2, -0.15) is 0 Å². The van der Waals surface area contributed by atoms with Gasteiger partial charge in [0.25, 0.3) is 0 Å². The normalized spacial score (nSPS) is 24.0. The van der Waals surface area contributed by atoms with E-state index in [1.54, 1.807) is 12.1 Å².